The Kier molecular flexibility index (Phi) is 3.30. The summed E-state index contributed by atoms with van der Waals surface area (Å²) in [6.07, 6.45) is 0.0882. The maximum absolute atomic E-state index is 11.7. The van der Waals surface area contributed by atoms with E-state index in [1.54, 1.807) is 6.07 Å². The van der Waals surface area contributed by atoms with Crippen LogP contribution in [0.2, 0.25) is 0 Å². The number of hydrogen-bond donors (Lipinski definition) is 3. The van der Waals surface area contributed by atoms with E-state index in [9.17, 15) is 9.59 Å². The molecule has 2 rings (SSSR count). The van der Waals surface area contributed by atoms with Crippen LogP contribution in [0.5, 0.6) is 0 Å². The molecule has 0 aromatic carbocycles. The van der Waals surface area contributed by atoms with Crippen LogP contribution in [0, 0.1) is 0 Å². The van der Waals surface area contributed by atoms with Crippen LogP contribution in [0.3, 0.4) is 0 Å². The summed E-state index contributed by atoms with van der Waals surface area (Å²) in [7, 11) is 0. The van der Waals surface area contributed by atoms with Gasteiger partial charge >= 0.3 is 6.03 Å². The summed E-state index contributed by atoms with van der Waals surface area (Å²) in [5, 5.41) is 8.02. The molecular weight excluding hydrogens is 242 g/mol. The standard InChI is InChI=1S/C10H13N3O3S/c11-7(14)4-10(5-16-6-10)13-9(15)12-8-2-1-3-17-8/h1-3H,4-6H2,(H2,11,14)(H2,12,13,15). The Labute approximate surface area is 102 Å². The number of ether oxygens (including phenoxy) is 1. The minimum Gasteiger partial charge on any atom is -0.376 e. The summed E-state index contributed by atoms with van der Waals surface area (Å²) in [4.78, 5) is 22.6. The predicted octanol–water partition coefficient (Wildman–Crippen LogP) is 0.514. The van der Waals surface area contributed by atoms with Crippen molar-refractivity contribution in [3.63, 3.8) is 0 Å². The van der Waals surface area contributed by atoms with Gasteiger partial charge in [-0.05, 0) is 17.5 Å². The average molecular weight is 255 g/mol. The fraction of sp³-hybridized carbons (Fsp3) is 0.400. The molecule has 6 nitrogen and oxygen atoms in total. The molecule has 4 N–H and O–H groups in total. The topological polar surface area (TPSA) is 93.5 Å². The van der Waals surface area contributed by atoms with Crippen molar-refractivity contribution in [2.45, 2.75) is 12.0 Å². The van der Waals surface area contributed by atoms with Crippen molar-refractivity contribution in [1.29, 1.82) is 0 Å². The molecule has 2 heterocycles. The fourth-order valence-corrected chi connectivity index (χ4v) is 2.25. The van der Waals surface area contributed by atoms with Gasteiger partial charge < -0.3 is 15.8 Å². The molecular formula is C10H13N3O3S. The highest BCUT2D eigenvalue weighted by atomic mass is 32.1. The van der Waals surface area contributed by atoms with Gasteiger partial charge in [-0.15, -0.1) is 11.3 Å². The third-order valence-electron chi connectivity index (χ3n) is 2.41. The lowest BCUT2D eigenvalue weighted by atomic mass is 9.93. The van der Waals surface area contributed by atoms with E-state index in [0.29, 0.717) is 13.2 Å². The lowest BCUT2D eigenvalue weighted by Crippen LogP contribution is -2.64. The number of urea groups is 1. The molecule has 1 aliphatic heterocycles. The molecule has 7 heteroatoms. The summed E-state index contributed by atoms with van der Waals surface area (Å²) in [5.74, 6) is -0.454. The summed E-state index contributed by atoms with van der Waals surface area (Å²) in [6, 6.07) is 3.28. The maximum atomic E-state index is 11.7. The second-order valence-electron chi connectivity index (χ2n) is 3.97. The molecule has 0 aliphatic carbocycles. The van der Waals surface area contributed by atoms with Crippen LogP contribution in [0.15, 0.2) is 17.5 Å². The van der Waals surface area contributed by atoms with E-state index >= 15 is 0 Å². The zero-order valence-corrected chi connectivity index (χ0v) is 9.88. The van der Waals surface area contributed by atoms with Gasteiger partial charge in [-0.25, -0.2) is 4.79 Å². The highest BCUT2D eigenvalue weighted by Gasteiger charge is 2.41. The third kappa shape index (κ3) is 2.95. The van der Waals surface area contributed by atoms with Gasteiger partial charge in [0.25, 0.3) is 0 Å². The molecule has 0 spiro atoms. The molecule has 1 aromatic rings. The van der Waals surface area contributed by atoms with Crippen molar-refractivity contribution >= 4 is 28.3 Å². The van der Waals surface area contributed by atoms with E-state index in [4.69, 9.17) is 10.5 Å². The van der Waals surface area contributed by atoms with Gasteiger partial charge in [-0.3, -0.25) is 10.1 Å². The Balaban J connectivity index is 1.90. The molecule has 1 aromatic heterocycles. The molecule has 0 bridgehead atoms. The van der Waals surface area contributed by atoms with Gasteiger partial charge in [-0.2, -0.15) is 0 Å². The molecule has 1 saturated heterocycles. The SMILES string of the molecule is NC(=O)CC1(NC(=O)Nc2cccs2)COC1. The molecule has 92 valence electrons. The quantitative estimate of drug-likeness (QED) is 0.732. The van der Waals surface area contributed by atoms with Crippen molar-refractivity contribution in [3.05, 3.63) is 17.5 Å². The number of amides is 3. The molecule has 1 fully saturated rings. The Morgan fingerprint density at radius 2 is 2.29 bits per heavy atom. The Morgan fingerprint density at radius 1 is 1.53 bits per heavy atom. The first-order valence-electron chi connectivity index (χ1n) is 5.08. The smallest absolute Gasteiger partial charge is 0.320 e. The molecule has 0 atom stereocenters. The van der Waals surface area contributed by atoms with Gasteiger partial charge in [0.15, 0.2) is 0 Å². The van der Waals surface area contributed by atoms with E-state index in [1.807, 2.05) is 11.4 Å². The Hall–Kier alpha value is -1.60. The van der Waals surface area contributed by atoms with Crippen LogP contribution in [0.1, 0.15) is 6.42 Å². The van der Waals surface area contributed by atoms with Crippen LogP contribution in [-0.2, 0) is 9.53 Å². The second kappa shape index (κ2) is 4.72. The highest BCUT2D eigenvalue weighted by Crippen LogP contribution is 2.21. The molecule has 0 radical (unpaired) electrons. The van der Waals surface area contributed by atoms with Crippen LogP contribution in [0.25, 0.3) is 0 Å². The minimum absolute atomic E-state index is 0.0882. The van der Waals surface area contributed by atoms with Gasteiger partial charge in [0.05, 0.1) is 30.2 Å². The van der Waals surface area contributed by atoms with Gasteiger partial charge in [0, 0.05) is 0 Å². The molecule has 3 amide bonds. The highest BCUT2D eigenvalue weighted by molar-refractivity contribution is 7.14. The number of primary amides is 1. The van der Waals surface area contributed by atoms with Crippen molar-refractivity contribution in [1.82, 2.24) is 5.32 Å². The fourth-order valence-electron chi connectivity index (χ4n) is 1.63. The van der Waals surface area contributed by atoms with Crippen LogP contribution >= 0.6 is 11.3 Å². The Morgan fingerprint density at radius 3 is 2.76 bits per heavy atom. The minimum atomic E-state index is -0.646. The zero-order valence-electron chi connectivity index (χ0n) is 9.06. The van der Waals surface area contributed by atoms with E-state index in [-0.39, 0.29) is 12.5 Å². The van der Waals surface area contributed by atoms with Crippen molar-refractivity contribution in [2.75, 3.05) is 18.5 Å². The van der Waals surface area contributed by atoms with E-state index in [0.717, 1.165) is 5.00 Å². The normalized spacial score (nSPS) is 16.9. The van der Waals surface area contributed by atoms with Crippen molar-refractivity contribution in [3.8, 4) is 0 Å². The summed E-state index contributed by atoms with van der Waals surface area (Å²) in [5.41, 5.74) is 4.49. The third-order valence-corrected chi connectivity index (χ3v) is 3.19. The first-order valence-corrected chi connectivity index (χ1v) is 5.96. The summed E-state index contributed by atoms with van der Waals surface area (Å²) < 4.78 is 5.03. The molecule has 0 saturated carbocycles. The number of hydrogen-bond acceptors (Lipinski definition) is 4. The van der Waals surface area contributed by atoms with Gasteiger partial charge in [0.2, 0.25) is 5.91 Å². The molecule has 0 unspecified atom stereocenters. The first kappa shape index (κ1) is 11.9. The average Bonchev–Trinajstić information content (AvgIpc) is 2.66. The van der Waals surface area contributed by atoms with Crippen LogP contribution in [0.4, 0.5) is 9.80 Å². The number of rotatable bonds is 4. The first-order chi connectivity index (χ1) is 8.10. The van der Waals surface area contributed by atoms with Crippen LogP contribution < -0.4 is 16.4 Å². The lowest BCUT2D eigenvalue weighted by molar-refractivity contribution is -0.127. The lowest BCUT2D eigenvalue weighted by Gasteiger charge is -2.41. The largest absolute Gasteiger partial charge is 0.376 e. The monoisotopic (exact) mass is 255 g/mol. The summed E-state index contributed by atoms with van der Waals surface area (Å²) in [6.45, 7) is 0.627. The number of nitrogens with two attached hydrogens (primary N) is 1. The van der Waals surface area contributed by atoms with Crippen LogP contribution in [-0.4, -0.2) is 30.7 Å². The summed E-state index contributed by atoms with van der Waals surface area (Å²) >= 11 is 1.42. The maximum Gasteiger partial charge on any atom is 0.320 e. The van der Waals surface area contributed by atoms with Gasteiger partial charge in [0.1, 0.15) is 0 Å². The number of thiophene rings is 1. The Bertz CT molecular complexity index is 414. The van der Waals surface area contributed by atoms with Crippen molar-refractivity contribution < 1.29 is 14.3 Å². The zero-order chi connectivity index (χ0) is 12.3. The van der Waals surface area contributed by atoms with Gasteiger partial charge in [-0.1, -0.05) is 0 Å². The second-order valence-corrected chi connectivity index (χ2v) is 4.92. The molecule has 1 aliphatic rings. The number of anilines is 1. The van der Waals surface area contributed by atoms with Crippen molar-refractivity contribution in [2.24, 2.45) is 5.73 Å². The van der Waals surface area contributed by atoms with E-state index in [1.165, 1.54) is 11.3 Å². The number of carbonyl (C=O) groups is 2. The van der Waals surface area contributed by atoms with E-state index in [2.05, 4.69) is 10.6 Å². The number of nitrogens with one attached hydrogen (secondary N) is 2. The molecule has 17 heavy (non-hydrogen) atoms. The number of carbonyl (C=O) groups excluding carboxylic acids is 2. The van der Waals surface area contributed by atoms with E-state index < -0.39 is 11.4 Å². The predicted molar refractivity (Wildman–Crippen MR) is 63.8 cm³/mol.